The number of aryl methyl sites for hydroxylation is 2. The first-order valence-electron chi connectivity index (χ1n) is 10.4. The number of carbonyl (C=O) groups excluding carboxylic acids is 1. The second-order valence-corrected chi connectivity index (χ2v) is 8.39. The molecule has 1 N–H and O–H groups in total. The number of rotatable bonds is 5. The van der Waals surface area contributed by atoms with Gasteiger partial charge in [-0.3, -0.25) is 9.69 Å². The van der Waals surface area contributed by atoms with Gasteiger partial charge in [-0.25, -0.2) is 4.99 Å². The second-order valence-electron chi connectivity index (χ2n) is 7.38. The van der Waals surface area contributed by atoms with E-state index in [0.29, 0.717) is 22.4 Å². The Bertz CT molecular complexity index is 1230. The second kappa shape index (κ2) is 9.32. The summed E-state index contributed by atoms with van der Waals surface area (Å²) in [6.07, 6.45) is 1.81. The van der Waals surface area contributed by atoms with Gasteiger partial charge in [0.25, 0.3) is 5.91 Å². The zero-order valence-corrected chi connectivity index (χ0v) is 19.0. The molecule has 3 aromatic rings. The van der Waals surface area contributed by atoms with Gasteiger partial charge in [0.05, 0.1) is 22.9 Å². The van der Waals surface area contributed by atoms with E-state index in [0.717, 1.165) is 28.1 Å². The molecule has 0 radical (unpaired) electrons. The molecule has 0 bridgehead atoms. The number of hydrogen-bond acceptors (Lipinski definition) is 5. The normalized spacial score (nSPS) is 16.2. The minimum Gasteiger partial charge on any atom is -0.504 e. The lowest BCUT2D eigenvalue weighted by atomic mass is 10.1. The molecule has 1 amide bonds. The highest BCUT2D eigenvalue weighted by Crippen LogP contribution is 2.39. The summed E-state index contributed by atoms with van der Waals surface area (Å²) in [6.45, 7) is 6.28. The molecule has 1 aliphatic heterocycles. The third-order valence-corrected chi connectivity index (χ3v) is 6.04. The van der Waals surface area contributed by atoms with Crippen LogP contribution in [0.25, 0.3) is 6.08 Å². The number of phenolic OH excluding ortho intramolecular Hbond substituents is 1. The van der Waals surface area contributed by atoms with Crippen LogP contribution in [0.1, 0.15) is 23.6 Å². The van der Waals surface area contributed by atoms with E-state index in [2.05, 4.69) is 0 Å². The Balaban J connectivity index is 1.79. The van der Waals surface area contributed by atoms with Crippen molar-refractivity contribution >= 4 is 40.3 Å². The fourth-order valence-electron chi connectivity index (χ4n) is 3.41. The van der Waals surface area contributed by atoms with Gasteiger partial charge in [-0.15, -0.1) is 0 Å². The topological polar surface area (TPSA) is 62.1 Å². The number of ether oxygens (including phenoxy) is 1. The number of carbonyl (C=O) groups is 1. The van der Waals surface area contributed by atoms with Crippen LogP contribution in [-0.4, -0.2) is 22.8 Å². The average Bonchev–Trinajstić information content (AvgIpc) is 3.07. The molecule has 5 nitrogen and oxygen atoms in total. The highest BCUT2D eigenvalue weighted by molar-refractivity contribution is 8.19. The largest absolute Gasteiger partial charge is 0.504 e. The van der Waals surface area contributed by atoms with Gasteiger partial charge in [0.15, 0.2) is 16.7 Å². The minimum absolute atomic E-state index is 0.0720. The van der Waals surface area contributed by atoms with Crippen LogP contribution in [0.4, 0.5) is 11.4 Å². The first-order valence-corrected chi connectivity index (χ1v) is 11.2. The van der Waals surface area contributed by atoms with E-state index in [9.17, 15) is 9.90 Å². The van der Waals surface area contributed by atoms with Crippen LogP contribution >= 0.6 is 11.8 Å². The van der Waals surface area contributed by atoms with E-state index >= 15 is 0 Å². The number of aromatic hydroxyl groups is 1. The van der Waals surface area contributed by atoms with Crippen LogP contribution in [0.3, 0.4) is 0 Å². The average molecular weight is 445 g/mol. The summed E-state index contributed by atoms with van der Waals surface area (Å²) in [4.78, 5) is 20.6. The van der Waals surface area contributed by atoms with Gasteiger partial charge in [-0.1, -0.05) is 42.5 Å². The molecule has 1 aliphatic rings. The number of amides is 1. The summed E-state index contributed by atoms with van der Waals surface area (Å²) in [5.41, 5.74) is 4.43. The molecule has 32 heavy (non-hydrogen) atoms. The smallest absolute Gasteiger partial charge is 0.271 e. The Morgan fingerprint density at radius 1 is 1.03 bits per heavy atom. The molecule has 0 saturated carbocycles. The molecule has 0 spiro atoms. The maximum atomic E-state index is 13.5. The van der Waals surface area contributed by atoms with Gasteiger partial charge in [0, 0.05) is 0 Å². The molecule has 1 heterocycles. The Morgan fingerprint density at radius 3 is 2.47 bits per heavy atom. The van der Waals surface area contributed by atoms with Crippen LogP contribution in [0.2, 0.25) is 0 Å². The maximum Gasteiger partial charge on any atom is 0.271 e. The van der Waals surface area contributed by atoms with Crippen molar-refractivity contribution in [2.45, 2.75) is 20.8 Å². The van der Waals surface area contributed by atoms with Gasteiger partial charge < -0.3 is 9.84 Å². The zero-order chi connectivity index (χ0) is 22.7. The summed E-state index contributed by atoms with van der Waals surface area (Å²) < 4.78 is 5.48. The number of phenols is 1. The van der Waals surface area contributed by atoms with E-state index in [-0.39, 0.29) is 11.7 Å². The van der Waals surface area contributed by atoms with Crippen molar-refractivity contribution < 1.29 is 14.6 Å². The van der Waals surface area contributed by atoms with E-state index < -0.39 is 0 Å². The molecular formula is C26H24N2O3S. The van der Waals surface area contributed by atoms with Crippen molar-refractivity contribution in [1.29, 1.82) is 0 Å². The molecule has 0 aromatic heterocycles. The SMILES string of the molecule is CCOc1cc(C=C2SC(=Nc3ccccc3C)N(c3ccccc3C)C2=O)ccc1O. The number of thioether (sulfide) groups is 1. The molecule has 1 saturated heterocycles. The Hall–Kier alpha value is -3.51. The highest BCUT2D eigenvalue weighted by atomic mass is 32.2. The predicted molar refractivity (Wildman–Crippen MR) is 132 cm³/mol. The fraction of sp³-hybridized carbons (Fsp3) is 0.154. The summed E-state index contributed by atoms with van der Waals surface area (Å²) >= 11 is 1.34. The van der Waals surface area contributed by atoms with E-state index in [1.165, 1.54) is 11.8 Å². The van der Waals surface area contributed by atoms with Crippen molar-refractivity contribution in [2.24, 2.45) is 4.99 Å². The molecule has 0 atom stereocenters. The Labute approximate surface area is 192 Å². The first kappa shape index (κ1) is 21.7. The van der Waals surface area contributed by atoms with Crippen molar-refractivity contribution in [3.05, 3.63) is 88.3 Å². The number of para-hydroxylation sites is 2. The number of aliphatic imine (C=N–C) groups is 1. The quantitative estimate of drug-likeness (QED) is 0.475. The Morgan fingerprint density at radius 2 is 1.75 bits per heavy atom. The molecule has 4 rings (SSSR count). The van der Waals surface area contributed by atoms with Crippen LogP contribution in [0.5, 0.6) is 11.5 Å². The molecule has 162 valence electrons. The highest BCUT2D eigenvalue weighted by Gasteiger charge is 2.35. The third kappa shape index (κ3) is 4.41. The summed E-state index contributed by atoms with van der Waals surface area (Å²) in [7, 11) is 0. The van der Waals surface area contributed by atoms with E-state index in [1.807, 2.05) is 69.3 Å². The number of anilines is 1. The van der Waals surface area contributed by atoms with Crippen LogP contribution in [-0.2, 0) is 4.79 Å². The van der Waals surface area contributed by atoms with Crippen LogP contribution in [0.15, 0.2) is 76.6 Å². The molecule has 0 unspecified atom stereocenters. The molecular weight excluding hydrogens is 420 g/mol. The van der Waals surface area contributed by atoms with Gasteiger partial charge >= 0.3 is 0 Å². The summed E-state index contributed by atoms with van der Waals surface area (Å²) in [5.74, 6) is 0.326. The number of hydrogen-bond donors (Lipinski definition) is 1. The molecule has 1 fully saturated rings. The van der Waals surface area contributed by atoms with Crippen molar-refractivity contribution in [3.8, 4) is 11.5 Å². The summed E-state index contributed by atoms with van der Waals surface area (Å²) in [6, 6.07) is 20.7. The lowest BCUT2D eigenvalue weighted by Crippen LogP contribution is -2.29. The van der Waals surface area contributed by atoms with Gasteiger partial charge in [0.2, 0.25) is 0 Å². The fourth-order valence-corrected chi connectivity index (χ4v) is 4.40. The summed E-state index contributed by atoms with van der Waals surface area (Å²) in [5, 5.41) is 10.6. The number of nitrogens with zero attached hydrogens (tertiary/aromatic N) is 2. The molecule has 6 heteroatoms. The third-order valence-electron chi connectivity index (χ3n) is 5.08. The Kier molecular flexibility index (Phi) is 6.32. The maximum absolute atomic E-state index is 13.5. The van der Waals surface area contributed by atoms with Gasteiger partial charge in [0.1, 0.15) is 0 Å². The minimum atomic E-state index is -0.136. The van der Waals surface area contributed by atoms with Crippen molar-refractivity contribution in [2.75, 3.05) is 11.5 Å². The molecule has 0 aliphatic carbocycles. The lowest BCUT2D eigenvalue weighted by molar-refractivity contribution is -0.113. The monoisotopic (exact) mass is 444 g/mol. The van der Waals surface area contributed by atoms with Crippen molar-refractivity contribution in [3.63, 3.8) is 0 Å². The first-order chi connectivity index (χ1) is 15.5. The lowest BCUT2D eigenvalue weighted by Gasteiger charge is -2.18. The predicted octanol–water partition coefficient (Wildman–Crippen LogP) is 6.22. The van der Waals surface area contributed by atoms with E-state index in [4.69, 9.17) is 9.73 Å². The number of amidine groups is 1. The van der Waals surface area contributed by atoms with Gasteiger partial charge in [-0.2, -0.15) is 0 Å². The zero-order valence-electron chi connectivity index (χ0n) is 18.2. The number of benzene rings is 3. The van der Waals surface area contributed by atoms with Crippen LogP contribution in [0, 0.1) is 13.8 Å². The van der Waals surface area contributed by atoms with Crippen molar-refractivity contribution in [1.82, 2.24) is 0 Å². The molecule has 3 aromatic carbocycles. The van der Waals surface area contributed by atoms with E-state index in [1.54, 1.807) is 29.2 Å². The van der Waals surface area contributed by atoms with Gasteiger partial charge in [-0.05, 0) is 79.6 Å². The standard InChI is InChI=1S/C26H24N2O3S/c1-4-31-23-15-19(13-14-22(23)29)16-24-25(30)28(21-12-8-6-10-18(21)3)26(32-24)27-20-11-7-5-9-17(20)2/h5-16,29H,4H2,1-3H3. The van der Waals surface area contributed by atoms with Crippen LogP contribution < -0.4 is 9.64 Å².